The molecule has 1 aliphatic rings. The summed E-state index contributed by atoms with van der Waals surface area (Å²) in [4.78, 5) is 0. The molecule has 0 aliphatic carbocycles. The summed E-state index contributed by atoms with van der Waals surface area (Å²) in [6, 6.07) is 0. The van der Waals surface area contributed by atoms with E-state index in [-0.39, 0.29) is 12.3 Å². The molecule has 0 aromatic carbocycles. The highest BCUT2D eigenvalue weighted by Gasteiger charge is 2.04. The number of hydrogen-bond acceptors (Lipinski definition) is 3. The second-order valence-electron chi connectivity index (χ2n) is 2.38. The van der Waals surface area contributed by atoms with Crippen molar-refractivity contribution in [1.82, 2.24) is 5.32 Å². The van der Waals surface area contributed by atoms with Gasteiger partial charge < -0.3 is 15.8 Å². The van der Waals surface area contributed by atoms with E-state index in [9.17, 15) is 0 Å². The largest absolute Gasteiger partial charge is 0.390 e. The Bertz CT molecular complexity index is 155. The molecule has 56 valence electrons. The molecule has 1 heterocycles. The maximum absolute atomic E-state index is 8.50. The number of nitrogens with one attached hydrogen (secondary N) is 2. The quantitative estimate of drug-likeness (QED) is 0.482. The minimum absolute atomic E-state index is 0.162. The predicted octanol–water partition coefficient (Wildman–Crippen LogP) is 0.266. The van der Waals surface area contributed by atoms with Gasteiger partial charge in [0.1, 0.15) is 0 Å². The monoisotopic (exact) mass is 140 g/mol. The van der Waals surface area contributed by atoms with Crippen molar-refractivity contribution in [2.45, 2.75) is 12.8 Å². The molecular weight excluding hydrogens is 128 g/mol. The Hall–Kier alpha value is -0.830. The lowest BCUT2D eigenvalue weighted by Gasteiger charge is -1.96. The fraction of sp³-hybridized carbons (Fsp3) is 0.571. The standard InChI is InChI=1S/C7H12N2O/c8-6(5-10)4-7-2-1-3-9-7/h4,8-10H,1-3,5H2/b7-4-,8-6?. The topological polar surface area (TPSA) is 56.1 Å². The average molecular weight is 140 g/mol. The summed E-state index contributed by atoms with van der Waals surface area (Å²) in [5, 5.41) is 18.8. The maximum atomic E-state index is 8.50. The molecule has 3 N–H and O–H groups in total. The van der Waals surface area contributed by atoms with Crippen LogP contribution >= 0.6 is 0 Å². The lowest BCUT2D eigenvalue weighted by molar-refractivity contribution is 0.357. The molecule has 0 unspecified atom stereocenters. The lowest BCUT2D eigenvalue weighted by atomic mass is 10.2. The highest BCUT2D eigenvalue weighted by atomic mass is 16.3. The smallest absolute Gasteiger partial charge is 0.0846 e. The van der Waals surface area contributed by atoms with E-state index >= 15 is 0 Å². The van der Waals surface area contributed by atoms with E-state index < -0.39 is 0 Å². The van der Waals surface area contributed by atoms with E-state index in [0.717, 1.165) is 25.1 Å². The van der Waals surface area contributed by atoms with Crippen LogP contribution in [0.1, 0.15) is 12.8 Å². The second-order valence-corrected chi connectivity index (χ2v) is 2.38. The summed E-state index contributed by atoms with van der Waals surface area (Å²) >= 11 is 0. The first-order valence-corrected chi connectivity index (χ1v) is 3.45. The van der Waals surface area contributed by atoms with Crippen molar-refractivity contribution in [3.8, 4) is 0 Å². The molecule has 0 radical (unpaired) electrons. The van der Waals surface area contributed by atoms with Crippen LogP contribution in [0.4, 0.5) is 0 Å². The van der Waals surface area contributed by atoms with Crippen LogP contribution in [0.3, 0.4) is 0 Å². The molecule has 0 aromatic rings. The zero-order chi connectivity index (χ0) is 7.40. The summed E-state index contributed by atoms with van der Waals surface area (Å²) in [6.45, 7) is 0.843. The van der Waals surface area contributed by atoms with Gasteiger partial charge in [0.2, 0.25) is 0 Å². The van der Waals surface area contributed by atoms with E-state index in [0.29, 0.717) is 0 Å². The molecule has 1 rings (SSSR count). The minimum atomic E-state index is -0.162. The van der Waals surface area contributed by atoms with Gasteiger partial charge >= 0.3 is 0 Å². The number of allylic oxidation sites excluding steroid dienone is 1. The van der Waals surface area contributed by atoms with Crippen LogP contribution in [0, 0.1) is 5.41 Å². The van der Waals surface area contributed by atoms with Crippen LogP contribution in [0.5, 0.6) is 0 Å². The predicted molar refractivity (Wildman–Crippen MR) is 40.1 cm³/mol. The van der Waals surface area contributed by atoms with Gasteiger partial charge in [0.05, 0.1) is 12.3 Å². The first-order chi connectivity index (χ1) is 4.83. The average Bonchev–Trinajstić information content (AvgIpc) is 2.40. The van der Waals surface area contributed by atoms with Crippen LogP contribution in [0.2, 0.25) is 0 Å². The van der Waals surface area contributed by atoms with Gasteiger partial charge in [0.15, 0.2) is 0 Å². The molecule has 0 atom stereocenters. The Kier molecular flexibility index (Phi) is 2.45. The van der Waals surface area contributed by atoms with E-state index in [2.05, 4.69) is 5.32 Å². The van der Waals surface area contributed by atoms with Gasteiger partial charge in [-0.3, -0.25) is 0 Å². The van der Waals surface area contributed by atoms with Crippen molar-refractivity contribution < 1.29 is 5.11 Å². The molecule has 1 saturated heterocycles. The number of aliphatic hydroxyl groups excluding tert-OH is 1. The second kappa shape index (κ2) is 3.37. The SMILES string of the molecule is N=C(/C=C1/CCCN1)CO. The maximum Gasteiger partial charge on any atom is 0.0846 e. The van der Waals surface area contributed by atoms with Gasteiger partial charge in [0.25, 0.3) is 0 Å². The lowest BCUT2D eigenvalue weighted by Crippen LogP contribution is -2.07. The first-order valence-electron chi connectivity index (χ1n) is 3.45. The van der Waals surface area contributed by atoms with Gasteiger partial charge in [0, 0.05) is 12.2 Å². The normalized spacial score (nSPS) is 21.1. The van der Waals surface area contributed by atoms with E-state index in [1.807, 2.05) is 0 Å². The molecule has 0 bridgehead atoms. The summed E-state index contributed by atoms with van der Waals surface area (Å²) in [7, 11) is 0. The Balaban J connectivity index is 2.45. The van der Waals surface area contributed by atoms with E-state index in [1.54, 1.807) is 6.08 Å². The summed E-state index contributed by atoms with van der Waals surface area (Å²) in [5.74, 6) is 0. The van der Waals surface area contributed by atoms with Crippen molar-refractivity contribution in [3.05, 3.63) is 11.8 Å². The third-order valence-electron chi connectivity index (χ3n) is 1.49. The minimum Gasteiger partial charge on any atom is -0.390 e. The van der Waals surface area contributed by atoms with Crippen LogP contribution < -0.4 is 5.32 Å². The molecule has 1 aliphatic heterocycles. The van der Waals surface area contributed by atoms with E-state index in [1.165, 1.54) is 0 Å². The van der Waals surface area contributed by atoms with Crippen LogP contribution in [0.25, 0.3) is 0 Å². The Morgan fingerprint density at radius 1 is 1.80 bits per heavy atom. The van der Waals surface area contributed by atoms with Gasteiger partial charge in [-0.05, 0) is 18.9 Å². The number of aliphatic hydroxyl groups is 1. The fourth-order valence-electron chi connectivity index (χ4n) is 0.995. The molecular formula is C7H12N2O. The molecule has 0 aromatic heterocycles. The van der Waals surface area contributed by atoms with Crippen molar-refractivity contribution in [1.29, 1.82) is 5.41 Å². The number of hydrogen-bond donors (Lipinski definition) is 3. The van der Waals surface area contributed by atoms with Crippen LogP contribution in [-0.2, 0) is 0 Å². The zero-order valence-corrected chi connectivity index (χ0v) is 5.85. The Morgan fingerprint density at radius 3 is 3.10 bits per heavy atom. The van der Waals surface area contributed by atoms with Gasteiger partial charge in [-0.15, -0.1) is 0 Å². The molecule has 3 heteroatoms. The third kappa shape index (κ3) is 1.84. The number of rotatable bonds is 2. The van der Waals surface area contributed by atoms with Gasteiger partial charge in [-0.1, -0.05) is 0 Å². The van der Waals surface area contributed by atoms with Crippen molar-refractivity contribution in [3.63, 3.8) is 0 Å². The zero-order valence-electron chi connectivity index (χ0n) is 5.85. The highest BCUT2D eigenvalue weighted by Crippen LogP contribution is 2.07. The molecule has 1 fully saturated rings. The van der Waals surface area contributed by atoms with E-state index in [4.69, 9.17) is 10.5 Å². The Labute approximate surface area is 60.3 Å². The molecule has 3 nitrogen and oxygen atoms in total. The highest BCUT2D eigenvalue weighted by molar-refractivity contribution is 5.93. The van der Waals surface area contributed by atoms with Gasteiger partial charge in [-0.2, -0.15) is 0 Å². The van der Waals surface area contributed by atoms with Crippen LogP contribution in [-0.4, -0.2) is 24.0 Å². The van der Waals surface area contributed by atoms with Gasteiger partial charge in [-0.25, -0.2) is 0 Å². The summed E-state index contributed by atoms with van der Waals surface area (Å²) < 4.78 is 0. The van der Waals surface area contributed by atoms with Crippen LogP contribution in [0.15, 0.2) is 11.8 Å². The van der Waals surface area contributed by atoms with Crippen molar-refractivity contribution >= 4 is 5.71 Å². The molecule has 0 saturated carbocycles. The third-order valence-corrected chi connectivity index (χ3v) is 1.49. The van der Waals surface area contributed by atoms with Crippen molar-refractivity contribution in [2.75, 3.05) is 13.2 Å². The summed E-state index contributed by atoms with van der Waals surface area (Å²) in [6.07, 6.45) is 3.86. The first kappa shape index (κ1) is 7.28. The van der Waals surface area contributed by atoms with Crippen molar-refractivity contribution in [2.24, 2.45) is 0 Å². The Morgan fingerprint density at radius 2 is 2.60 bits per heavy atom. The molecule has 0 spiro atoms. The fourth-order valence-corrected chi connectivity index (χ4v) is 0.995. The molecule has 0 amide bonds. The summed E-state index contributed by atoms with van der Waals surface area (Å²) in [5.41, 5.74) is 1.36. The molecule has 10 heavy (non-hydrogen) atoms.